The second kappa shape index (κ2) is 17.6. The van der Waals surface area contributed by atoms with Crippen LogP contribution in [0, 0.1) is 24.3 Å². The van der Waals surface area contributed by atoms with E-state index in [1.54, 1.807) is 48.5 Å². The monoisotopic (exact) mass is 1370 g/mol. The van der Waals surface area contributed by atoms with Gasteiger partial charge in [0.05, 0.1) is 0 Å². The van der Waals surface area contributed by atoms with E-state index in [4.69, 9.17) is 16.4 Å². The van der Waals surface area contributed by atoms with Gasteiger partial charge in [0.25, 0.3) is 0 Å². The molecule has 0 amide bonds. The number of hydrogen-bond donors (Lipinski definition) is 0. The molecule has 6 aliphatic heterocycles. The van der Waals surface area contributed by atoms with Gasteiger partial charge in [0.15, 0.2) is 0 Å². The third-order valence-corrected chi connectivity index (χ3v) is 20.1. The first-order valence-electron chi connectivity index (χ1n) is 30.5. The maximum atomic E-state index is 9.07. The summed E-state index contributed by atoms with van der Waals surface area (Å²) in [4.78, 5) is 19.2. The van der Waals surface area contributed by atoms with Crippen LogP contribution in [-0.4, -0.2) is 58.6 Å². The van der Waals surface area contributed by atoms with Gasteiger partial charge in [-0.25, -0.2) is 0 Å². The fourth-order valence-corrected chi connectivity index (χ4v) is 16.8. The van der Waals surface area contributed by atoms with Crippen molar-refractivity contribution < 1.29 is 51.7 Å². The molecular weight excluding hydrogens is 1310 g/mol. The van der Waals surface area contributed by atoms with E-state index in [-0.39, 0.29) is 0 Å². The Morgan fingerprint density at radius 3 is 0.896 bits per heavy atom. The van der Waals surface area contributed by atoms with Gasteiger partial charge in [-0.3, -0.25) is 0 Å². The average molecular weight is 1370 g/mol. The molecule has 77 heavy (non-hydrogen) atoms. The molecule has 0 unspecified atom stereocenters. The van der Waals surface area contributed by atoms with Crippen molar-refractivity contribution in [3.05, 3.63) is 212 Å². The number of anilines is 19. The summed E-state index contributed by atoms with van der Waals surface area (Å²) < 4.78 is 110. The molecule has 0 aromatic heterocycles. The second-order valence-corrected chi connectivity index (χ2v) is 23.9. The van der Waals surface area contributed by atoms with Crippen LogP contribution in [0.2, 0.25) is 0 Å². The Bertz CT molecular complexity index is 4340. The SMILES string of the molecule is [2H]C([2H])([2H])N1[C]2=[Pt]=[C]3N(c4[c-]c(ccc4)N(c4ccc(N5c6[c-]c(ccc6)N6[C](=[Pt]=[C]7N(c8[c-]c5ccc8)c5ccccc5N7C([2H])([2H])[2H])N(C([2H])([2H])[2H])c5ccccc56)c(N(C)C)c4)c4[c-]c(ccc4)N2c2ccccc21)c1ccccc1N3C([2H])([2H])[2H]. The molecule has 9 aromatic carbocycles. The molecule has 8 bridgehead atoms. The quantitative estimate of drug-likeness (QED) is 0.159. The molecular formula is C64H49N11Pt2-4. The fraction of sp³-hybridized carbons (Fsp3) is 0.0938. The second-order valence-electron chi connectivity index (χ2n) is 18.7. The summed E-state index contributed by atoms with van der Waals surface area (Å²) in [6, 6.07) is 73.2. The van der Waals surface area contributed by atoms with Crippen molar-refractivity contribution in [3.8, 4) is 0 Å². The van der Waals surface area contributed by atoms with Crippen molar-refractivity contribution in [2.24, 2.45) is 0 Å². The molecule has 9 aromatic rings. The van der Waals surface area contributed by atoms with E-state index in [0.29, 0.717) is 119 Å². The minimum atomic E-state index is -2.68. The van der Waals surface area contributed by atoms with Crippen molar-refractivity contribution in [2.75, 3.05) is 95.9 Å². The van der Waals surface area contributed by atoms with E-state index in [0.717, 1.165) is 5.69 Å². The first-order valence-corrected chi connectivity index (χ1v) is 29.0. The molecule has 0 spiro atoms. The molecule has 13 heteroatoms. The van der Waals surface area contributed by atoms with Gasteiger partial charge < -0.3 is 0 Å². The van der Waals surface area contributed by atoms with Crippen molar-refractivity contribution in [2.45, 2.75) is 0 Å². The molecule has 0 atom stereocenters. The Morgan fingerprint density at radius 1 is 0.312 bits per heavy atom. The van der Waals surface area contributed by atoms with Crippen LogP contribution in [0.15, 0.2) is 188 Å². The molecule has 0 N–H and O–H groups in total. The van der Waals surface area contributed by atoms with Crippen LogP contribution < -0.4 is 53.9 Å². The molecule has 0 aliphatic carbocycles. The minimum absolute atomic E-state index is 0.410. The predicted octanol–water partition coefficient (Wildman–Crippen LogP) is 12.8. The van der Waals surface area contributed by atoms with Gasteiger partial charge in [-0.15, -0.1) is 0 Å². The van der Waals surface area contributed by atoms with E-state index in [1.807, 2.05) is 182 Å². The molecule has 15 rings (SSSR count). The standard InChI is InChI=1S/C64H49N11.2Pt/c1-65(2)64-41-54(74(50-23-15-19-46(37-50)70-42-66(3)55-27-7-11-31-59(55)70)51-24-16-20-47(38-51)71-43-67(4)56-28-8-12-32-60(56)71)35-36-63(64)75(52-25-17-21-48(39-52)72-44-68(5)57-29-9-13-33-61(57)72)53-26-18-22-49(40-53)73-45-69(6)58-30-10-14-34-62(58)73;;/h7-36,41H,1-6H3;;/q-4;;/i3D3,4D3,5D3,6D3;;. The Kier molecular flexibility index (Phi) is 8.01. The summed E-state index contributed by atoms with van der Waals surface area (Å²) in [5.41, 5.74) is 10.8. The first-order chi connectivity index (χ1) is 42.5. The number of benzene rings is 9. The summed E-state index contributed by atoms with van der Waals surface area (Å²) in [7, 11) is 3.91. The van der Waals surface area contributed by atoms with Crippen molar-refractivity contribution >= 4 is 125 Å². The number of hydrogen-bond acceptors (Lipinski definition) is 11. The normalized spacial score (nSPS) is 18.9. The summed E-state index contributed by atoms with van der Waals surface area (Å²) in [5.74, 6) is 0. The topological polar surface area (TPSA) is 35.6 Å². The third kappa shape index (κ3) is 6.96. The van der Waals surface area contributed by atoms with Gasteiger partial charge in [0.2, 0.25) is 0 Å². The van der Waals surface area contributed by atoms with Crippen molar-refractivity contribution in [1.82, 2.24) is 0 Å². The van der Waals surface area contributed by atoms with Crippen LogP contribution in [0.25, 0.3) is 0 Å². The average Bonchev–Trinajstić information content (AvgIpc) is 1.65. The zero-order valence-corrected chi connectivity index (χ0v) is 45.5. The van der Waals surface area contributed by atoms with Crippen LogP contribution in [0.5, 0.6) is 0 Å². The number of para-hydroxylation sites is 8. The van der Waals surface area contributed by atoms with E-state index in [2.05, 4.69) is 30.3 Å². The first kappa shape index (κ1) is 35.1. The zero-order chi connectivity index (χ0) is 61.8. The summed E-state index contributed by atoms with van der Waals surface area (Å²) in [5, 5.41) is 0. The van der Waals surface area contributed by atoms with E-state index in [1.165, 1.54) is 19.6 Å². The van der Waals surface area contributed by atoms with Crippen LogP contribution >= 0.6 is 0 Å². The van der Waals surface area contributed by atoms with Crippen LogP contribution in [0.1, 0.15) is 16.4 Å². The van der Waals surface area contributed by atoms with Crippen LogP contribution in [0.3, 0.4) is 0 Å². The van der Waals surface area contributed by atoms with Crippen LogP contribution in [0.4, 0.5) is 108 Å². The zero-order valence-electron chi connectivity index (χ0n) is 52.9. The van der Waals surface area contributed by atoms with E-state index < -0.39 is 63.2 Å². The van der Waals surface area contributed by atoms with Gasteiger partial charge >= 0.3 is 485 Å². The molecule has 0 radical (unpaired) electrons. The van der Waals surface area contributed by atoms with Gasteiger partial charge in [0.1, 0.15) is 0 Å². The van der Waals surface area contributed by atoms with Gasteiger partial charge in [-0.05, 0) is 0 Å². The van der Waals surface area contributed by atoms with Crippen molar-refractivity contribution in [3.63, 3.8) is 0 Å². The molecule has 6 aliphatic rings. The Balaban J connectivity index is 0.960. The number of fused-ring (bicyclic) bond motifs is 24. The molecule has 0 saturated carbocycles. The molecule has 384 valence electrons. The Hall–Kier alpha value is -8.36. The summed E-state index contributed by atoms with van der Waals surface area (Å²) in [6.07, 6.45) is 0. The van der Waals surface area contributed by atoms with E-state index >= 15 is 0 Å². The summed E-state index contributed by atoms with van der Waals surface area (Å²) >= 11 is -3.41. The van der Waals surface area contributed by atoms with E-state index in [9.17, 15) is 0 Å². The Labute approximate surface area is 482 Å². The van der Waals surface area contributed by atoms with Gasteiger partial charge in [-0.1, -0.05) is 0 Å². The van der Waals surface area contributed by atoms with Gasteiger partial charge in [0, 0.05) is 0 Å². The van der Waals surface area contributed by atoms with Crippen LogP contribution in [-0.2, 0) is 35.3 Å². The molecule has 0 saturated heterocycles. The predicted molar refractivity (Wildman–Crippen MR) is 313 cm³/mol. The molecule has 6 heterocycles. The Morgan fingerprint density at radius 2 is 0.597 bits per heavy atom. The molecule has 11 nitrogen and oxygen atoms in total. The number of nitrogens with zero attached hydrogens (tertiary/aromatic N) is 11. The summed E-state index contributed by atoms with van der Waals surface area (Å²) in [6.45, 7) is -10.7. The third-order valence-electron chi connectivity index (χ3n) is 14.0. The van der Waals surface area contributed by atoms with Crippen molar-refractivity contribution in [1.29, 1.82) is 0 Å². The molecule has 0 fully saturated rings. The number of rotatable bonds is 3. The van der Waals surface area contributed by atoms with Gasteiger partial charge in [-0.2, -0.15) is 0 Å². The fourth-order valence-electron chi connectivity index (χ4n) is 10.6. The maximum absolute atomic E-state index is 9.07.